The van der Waals surface area contributed by atoms with Gasteiger partial charge in [-0.05, 0) is 18.8 Å². The van der Waals surface area contributed by atoms with E-state index in [4.69, 9.17) is 0 Å². The summed E-state index contributed by atoms with van der Waals surface area (Å²) in [5, 5.41) is 0. The van der Waals surface area contributed by atoms with Crippen LogP contribution in [0.5, 0.6) is 0 Å². The molecule has 2 saturated carbocycles. The first-order valence-electron chi connectivity index (χ1n) is 3.83. The quantitative estimate of drug-likeness (QED) is 0.467. The summed E-state index contributed by atoms with van der Waals surface area (Å²) in [5.41, 5.74) is 0. The molecule has 0 N–H and O–H groups in total. The lowest BCUT2D eigenvalue weighted by molar-refractivity contribution is -0.131. The molecule has 0 aromatic heterocycles. The first kappa shape index (κ1) is 6.08. The molecule has 0 spiro atoms. The summed E-state index contributed by atoms with van der Waals surface area (Å²) in [6, 6.07) is 0. The molecule has 2 nitrogen and oxygen atoms in total. The van der Waals surface area contributed by atoms with Crippen LogP contribution in [0.1, 0.15) is 25.7 Å². The van der Waals surface area contributed by atoms with E-state index in [1.54, 1.807) is 0 Å². The third kappa shape index (κ3) is 0.713. The highest BCUT2D eigenvalue weighted by molar-refractivity contribution is 6.04. The van der Waals surface area contributed by atoms with Crippen molar-refractivity contribution in [2.45, 2.75) is 25.7 Å². The molecular formula is C8H10O2. The van der Waals surface area contributed by atoms with Crippen molar-refractivity contribution in [3.63, 3.8) is 0 Å². The molecule has 2 fully saturated rings. The number of Topliss-reactive ketones (excluding diaryl/α,β-unsaturated/α-hetero) is 2. The number of rotatable bonds is 0. The Morgan fingerprint density at radius 1 is 1.20 bits per heavy atom. The minimum atomic E-state index is -0.182. The molecule has 0 aliphatic heterocycles. The molecule has 2 rings (SSSR count). The summed E-state index contributed by atoms with van der Waals surface area (Å²) in [7, 11) is 0. The van der Waals surface area contributed by atoms with Crippen molar-refractivity contribution in [2.75, 3.05) is 0 Å². The summed E-state index contributed by atoms with van der Waals surface area (Å²) in [6.07, 6.45) is 3.15. The summed E-state index contributed by atoms with van der Waals surface area (Å²) < 4.78 is 0. The van der Waals surface area contributed by atoms with Crippen molar-refractivity contribution in [1.82, 2.24) is 0 Å². The molecule has 0 amide bonds. The molecule has 2 aliphatic rings. The van der Waals surface area contributed by atoms with Crippen LogP contribution < -0.4 is 0 Å². The molecule has 0 aromatic rings. The second-order valence-electron chi connectivity index (χ2n) is 3.33. The van der Waals surface area contributed by atoms with Crippen LogP contribution in [0, 0.1) is 11.8 Å². The maximum Gasteiger partial charge on any atom is 0.143 e. The standard InChI is InChI=1S/C8H10O2/c9-7-2-1-5-3-6(7)8(10)4-5/h5-6H,1-4H2. The zero-order valence-electron chi connectivity index (χ0n) is 5.80. The van der Waals surface area contributed by atoms with E-state index in [2.05, 4.69) is 0 Å². The predicted molar refractivity (Wildman–Crippen MR) is 35.5 cm³/mol. The zero-order valence-corrected chi connectivity index (χ0v) is 5.80. The minimum Gasteiger partial charge on any atom is -0.299 e. The van der Waals surface area contributed by atoms with Crippen LogP contribution in [-0.4, -0.2) is 11.6 Å². The Labute approximate surface area is 59.6 Å². The van der Waals surface area contributed by atoms with Crippen LogP contribution in [0.4, 0.5) is 0 Å². The number of carbonyl (C=O) groups excluding carboxylic acids is 2. The van der Waals surface area contributed by atoms with Crippen molar-refractivity contribution < 1.29 is 9.59 Å². The number of hydrogen-bond acceptors (Lipinski definition) is 2. The fourth-order valence-electron chi connectivity index (χ4n) is 2.03. The van der Waals surface area contributed by atoms with Crippen LogP contribution in [0.25, 0.3) is 0 Å². The third-order valence-corrected chi connectivity index (χ3v) is 2.64. The Bertz CT molecular complexity index is 187. The number of carbonyl (C=O) groups is 2. The maximum atomic E-state index is 11.0. The Balaban J connectivity index is 2.25. The first-order chi connectivity index (χ1) is 4.77. The molecule has 0 heterocycles. The average molecular weight is 138 g/mol. The Hall–Kier alpha value is -0.660. The fourth-order valence-corrected chi connectivity index (χ4v) is 2.03. The molecule has 0 radical (unpaired) electrons. The topological polar surface area (TPSA) is 34.1 Å². The molecule has 0 saturated heterocycles. The van der Waals surface area contributed by atoms with Gasteiger partial charge in [-0.15, -0.1) is 0 Å². The summed E-state index contributed by atoms with van der Waals surface area (Å²) >= 11 is 0. The molecule has 2 bridgehead atoms. The van der Waals surface area contributed by atoms with Crippen molar-refractivity contribution >= 4 is 11.6 Å². The number of ketones is 2. The van der Waals surface area contributed by atoms with E-state index < -0.39 is 0 Å². The minimum absolute atomic E-state index is 0.182. The maximum absolute atomic E-state index is 11.0. The Morgan fingerprint density at radius 2 is 2.00 bits per heavy atom. The van der Waals surface area contributed by atoms with Crippen molar-refractivity contribution in [2.24, 2.45) is 11.8 Å². The lowest BCUT2D eigenvalue weighted by Crippen LogP contribution is -2.20. The van der Waals surface area contributed by atoms with E-state index in [-0.39, 0.29) is 17.5 Å². The number of hydrogen-bond donors (Lipinski definition) is 0. The van der Waals surface area contributed by atoms with Crippen molar-refractivity contribution in [3.05, 3.63) is 0 Å². The van der Waals surface area contributed by atoms with E-state index in [1.807, 2.05) is 0 Å². The van der Waals surface area contributed by atoms with E-state index in [1.165, 1.54) is 0 Å². The van der Waals surface area contributed by atoms with Gasteiger partial charge in [0.2, 0.25) is 0 Å². The van der Waals surface area contributed by atoms with Crippen LogP contribution >= 0.6 is 0 Å². The molecule has 54 valence electrons. The van der Waals surface area contributed by atoms with E-state index in [9.17, 15) is 9.59 Å². The lowest BCUT2D eigenvalue weighted by Gasteiger charge is -2.14. The van der Waals surface area contributed by atoms with Gasteiger partial charge in [0.25, 0.3) is 0 Å². The largest absolute Gasteiger partial charge is 0.299 e. The normalized spacial score (nSPS) is 38.8. The van der Waals surface area contributed by atoms with E-state index in [0.717, 1.165) is 12.8 Å². The third-order valence-electron chi connectivity index (χ3n) is 2.64. The van der Waals surface area contributed by atoms with Gasteiger partial charge in [-0.2, -0.15) is 0 Å². The molecular weight excluding hydrogens is 128 g/mol. The highest BCUT2D eigenvalue weighted by atomic mass is 16.2. The molecule has 2 heteroatoms. The molecule has 2 unspecified atom stereocenters. The van der Waals surface area contributed by atoms with Crippen LogP contribution in [-0.2, 0) is 9.59 Å². The van der Waals surface area contributed by atoms with Gasteiger partial charge in [-0.25, -0.2) is 0 Å². The molecule has 10 heavy (non-hydrogen) atoms. The van der Waals surface area contributed by atoms with Gasteiger partial charge in [-0.1, -0.05) is 0 Å². The van der Waals surface area contributed by atoms with Crippen LogP contribution in [0.2, 0.25) is 0 Å². The predicted octanol–water partition coefficient (Wildman–Crippen LogP) is 0.945. The number of fused-ring (bicyclic) bond motifs is 2. The molecule has 2 aliphatic carbocycles. The highest BCUT2D eigenvalue weighted by Gasteiger charge is 2.40. The Kier molecular flexibility index (Phi) is 1.16. The van der Waals surface area contributed by atoms with Gasteiger partial charge < -0.3 is 0 Å². The second-order valence-corrected chi connectivity index (χ2v) is 3.33. The highest BCUT2D eigenvalue weighted by Crippen LogP contribution is 2.37. The van der Waals surface area contributed by atoms with E-state index in [0.29, 0.717) is 18.8 Å². The van der Waals surface area contributed by atoms with Gasteiger partial charge in [0.1, 0.15) is 11.6 Å². The van der Waals surface area contributed by atoms with Crippen LogP contribution in [0.15, 0.2) is 0 Å². The Morgan fingerprint density at radius 3 is 2.70 bits per heavy atom. The average Bonchev–Trinajstić information content (AvgIpc) is 2.21. The first-order valence-corrected chi connectivity index (χ1v) is 3.83. The second kappa shape index (κ2) is 1.91. The summed E-state index contributed by atoms with van der Waals surface area (Å²) in [5.74, 6) is 0.764. The van der Waals surface area contributed by atoms with Gasteiger partial charge in [-0.3, -0.25) is 9.59 Å². The van der Waals surface area contributed by atoms with Crippen molar-refractivity contribution in [3.8, 4) is 0 Å². The SMILES string of the molecule is O=C1CCC2CC(=O)C1C2. The molecule has 2 atom stereocenters. The van der Waals surface area contributed by atoms with Gasteiger partial charge in [0.05, 0.1) is 5.92 Å². The van der Waals surface area contributed by atoms with Gasteiger partial charge >= 0.3 is 0 Å². The van der Waals surface area contributed by atoms with E-state index >= 15 is 0 Å². The van der Waals surface area contributed by atoms with Gasteiger partial charge in [0.15, 0.2) is 0 Å². The van der Waals surface area contributed by atoms with Gasteiger partial charge in [0, 0.05) is 12.8 Å². The van der Waals surface area contributed by atoms with Crippen molar-refractivity contribution in [1.29, 1.82) is 0 Å². The van der Waals surface area contributed by atoms with Crippen LogP contribution in [0.3, 0.4) is 0 Å². The summed E-state index contributed by atoms with van der Waals surface area (Å²) in [4.78, 5) is 22.1. The summed E-state index contributed by atoms with van der Waals surface area (Å²) in [6.45, 7) is 0. The smallest absolute Gasteiger partial charge is 0.143 e. The lowest BCUT2D eigenvalue weighted by atomic mass is 9.88. The molecule has 0 aromatic carbocycles. The monoisotopic (exact) mass is 138 g/mol. The fraction of sp³-hybridized carbons (Fsp3) is 0.750. The zero-order chi connectivity index (χ0) is 7.14.